The summed E-state index contributed by atoms with van der Waals surface area (Å²) in [5, 5.41) is 4.14. The molecule has 5 rings (SSSR count). The molecule has 0 saturated carbocycles. The first kappa shape index (κ1) is 24.0. The van der Waals surface area contributed by atoms with Gasteiger partial charge in [-0.15, -0.1) is 0 Å². The van der Waals surface area contributed by atoms with Crippen LogP contribution in [-0.4, -0.2) is 65.9 Å². The molecule has 3 N–H and O–H groups in total. The molecule has 9 nitrogen and oxygen atoms in total. The summed E-state index contributed by atoms with van der Waals surface area (Å²) in [5.41, 5.74) is 9.57. The number of benzene rings is 2. The Morgan fingerprint density at radius 1 is 1.17 bits per heavy atom. The van der Waals surface area contributed by atoms with Crippen molar-refractivity contribution in [3.05, 3.63) is 54.9 Å². The van der Waals surface area contributed by atoms with Crippen LogP contribution >= 0.6 is 0 Å². The van der Waals surface area contributed by atoms with Crippen molar-refractivity contribution in [2.45, 2.75) is 31.8 Å². The van der Waals surface area contributed by atoms with Crippen molar-refractivity contribution < 1.29 is 14.3 Å². The van der Waals surface area contributed by atoms with Crippen molar-refractivity contribution in [3.63, 3.8) is 0 Å². The first-order chi connectivity index (χ1) is 17.5. The number of anilines is 1. The molecule has 9 heteroatoms. The molecule has 4 aromatic rings. The van der Waals surface area contributed by atoms with E-state index in [4.69, 9.17) is 20.2 Å². The highest BCUT2D eigenvalue weighted by Crippen LogP contribution is 2.30. The SMILES string of the molecule is COCCOc1ccc2c(c1)ncn2-c1ccc2cccc(N3CCC(NC(=O)[C@H](C)N)CC3)c2n1. The molecule has 36 heavy (non-hydrogen) atoms. The third kappa shape index (κ3) is 4.98. The zero-order valence-electron chi connectivity index (χ0n) is 20.7. The van der Waals surface area contributed by atoms with Gasteiger partial charge in [0.05, 0.1) is 34.9 Å². The molecule has 1 saturated heterocycles. The van der Waals surface area contributed by atoms with Crippen molar-refractivity contribution in [1.82, 2.24) is 19.9 Å². The number of piperidine rings is 1. The maximum absolute atomic E-state index is 12.0. The first-order valence-electron chi connectivity index (χ1n) is 12.3. The highest BCUT2D eigenvalue weighted by Gasteiger charge is 2.23. The molecular weight excluding hydrogens is 456 g/mol. The van der Waals surface area contributed by atoms with E-state index in [-0.39, 0.29) is 11.9 Å². The van der Waals surface area contributed by atoms with Crippen LogP contribution < -0.4 is 20.7 Å². The number of fused-ring (bicyclic) bond motifs is 2. The Hall–Kier alpha value is -3.69. The van der Waals surface area contributed by atoms with Gasteiger partial charge in [0.2, 0.25) is 5.91 Å². The second-order valence-corrected chi connectivity index (χ2v) is 9.18. The predicted molar refractivity (Wildman–Crippen MR) is 141 cm³/mol. The average Bonchev–Trinajstić information content (AvgIpc) is 3.32. The van der Waals surface area contributed by atoms with Gasteiger partial charge in [0.25, 0.3) is 0 Å². The second-order valence-electron chi connectivity index (χ2n) is 9.18. The van der Waals surface area contributed by atoms with Crippen LogP contribution in [0.1, 0.15) is 19.8 Å². The first-order valence-corrected chi connectivity index (χ1v) is 12.3. The fraction of sp³-hybridized carbons (Fsp3) is 0.370. The molecule has 1 fully saturated rings. The lowest BCUT2D eigenvalue weighted by atomic mass is 10.0. The van der Waals surface area contributed by atoms with Crippen molar-refractivity contribution >= 4 is 33.5 Å². The van der Waals surface area contributed by atoms with Gasteiger partial charge >= 0.3 is 0 Å². The summed E-state index contributed by atoms with van der Waals surface area (Å²) in [6, 6.07) is 15.9. The molecule has 0 aliphatic carbocycles. The molecule has 1 atom stereocenters. The summed E-state index contributed by atoms with van der Waals surface area (Å²) < 4.78 is 12.8. The van der Waals surface area contributed by atoms with Gasteiger partial charge in [0, 0.05) is 37.7 Å². The molecule has 0 radical (unpaired) electrons. The van der Waals surface area contributed by atoms with E-state index in [0.717, 1.165) is 65.1 Å². The van der Waals surface area contributed by atoms with Gasteiger partial charge in [-0.3, -0.25) is 9.36 Å². The molecule has 1 aliphatic heterocycles. The third-order valence-corrected chi connectivity index (χ3v) is 6.60. The number of hydrogen-bond acceptors (Lipinski definition) is 7. The van der Waals surface area contributed by atoms with Gasteiger partial charge in [0.1, 0.15) is 24.5 Å². The molecule has 1 aliphatic rings. The number of carbonyl (C=O) groups is 1. The number of carbonyl (C=O) groups excluding carboxylic acids is 1. The van der Waals surface area contributed by atoms with Crippen LogP contribution in [0.5, 0.6) is 5.75 Å². The van der Waals surface area contributed by atoms with Crippen LogP contribution in [0, 0.1) is 0 Å². The van der Waals surface area contributed by atoms with E-state index in [0.29, 0.717) is 13.2 Å². The Morgan fingerprint density at radius 2 is 2.00 bits per heavy atom. The van der Waals surface area contributed by atoms with E-state index in [1.807, 2.05) is 28.8 Å². The minimum atomic E-state index is -0.488. The van der Waals surface area contributed by atoms with Gasteiger partial charge in [-0.1, -0.05) is 12.1 Å². The van der Waals surface area contributed by atoms with Gasteiger partial charge in [-0.2, -0.15) is 0 Å². The summed E-state index contributed by atoms with van der Waals surface area (Å²) in [7, 11) is 1.65. The van der Waals surface area contributed by atoms with Gasteiger partial charge in [0.15, 0.2) is 0 Å². The largest absolute Gasteiger partial charge is 0.491 e. The highest BCUT2D eigenvalue weighted by atomic mass is 16.5. The van der Waals surface area contributed by atoms with Crippen LogP contribution in [0.4, 0.5) is 5.69 Å². The number of nitrogens with one attached hydrogen (secondary N) is 1. The Labute approximate surface area is 210 Å². The zero-order chi connectivity index (χ0) is 25.1. The van der Waals surface area contributed by atoms with E-state index in [2.05, 4.69) is 39.5 Å². The Bertz CT molecular complexity index is 1360. The minimum Gasteiger partial charge on any atom is -0.491 e. The number of nitrogens with two attached hydrogens (primary N) is 1. The number of hydrogen-bond donors (Lipinski definition) is 2. The topological polar surface area (TPSA) is 108 Å². The van der Waals surface area contributed by atoms with Crippen molar-refractivity contribution in [3.8, 4) is 11.6 Å². The zero-order valence-corrected chi connectivity index (χ0v) is 20.7. The van der Waals surface area contributed by atoms with Crippen molar-refractivity contribution in [2.24, 2.45) is 5.73 Å². The maximum atomic E-state index is 12.0. The van der Waals surface area contributed by atoms with Crippen molar-refractivity contribution in [2.75, 3.05) is 38.3 Å². The van der Waals surface area contributed by atoms with Crippen LogP contribution in [0.3, 0.4) is 0 Å². The van der Waals surface area contributed by atoms with Crippen LogP contribution in [0.15, 0.2) is 54.9 Å². The number of nitrogens with zero attached hydrogens (tertiary/aromatic N) is 4. The number of aromatic nitrogens is 3. The van der Waals surface area contributed by atoms with E-state index in [1.165, 1.54) is 0 Å². The summed E-state index contributed by atoms with van der Waals surface area (Å²) in [6.07, 6.45) is 3.54. The van der Waals surface area contributed by atoms with E-state index < -0.39 is 6.04 Å². The third-order valence-electron chi connectivity index (χ3n) is 6.60. The van der Waals surface area contributed by atoms with E-state index in [1.54, 1.807) is 20.4 Å². The fourth-order valence-corrected chi connectivity index (χ4v) is 4.62. The summed E-state index contributed by atoms with van der Waals surface area (Å²) in [5.74, 6) is 1.48. The molecule has 1 amide bonds. The summed E-state index contributed by atoms with van der Waals surface area (Å²) in [4.78, 5) is 24.0. The minimum absolute atomic E-state index is 0.0915. The maximum Gasteiger partial charge on any atom is 0.236 e. The number of ether oxygens (including phenoxy) is 2. The molecule has 2 aromatic heterocycles. The molecule has 0 spiro atoms. The molecular formula is C27H32N6O3. The number of para-hydroxylation sites is 1. The molecule has 188 valence electrons. The lowest BCUT2D eigenvalue weighted by Gasteiger charge is -2.34. The second kappa shape index (κ2) is 10.5. The smallest absolute Gasteiger partial charge is 0.236 e. The molecule has 3 heterocycles. The highest BCUT2D eigenvalue weighted by molar-refractivity contribution is 5.92. The van der Waals surface area contributed by atoms with E-state index >= 15 is 0 Å². The lowest BCUT2D eigenvalue weighted by molar-refractivity contribution is -0.122. The molecule has 0 bridgehead atoms. The number of imidazole rings is 1. The van der Waals surface area contributed by atoms with Crippen LogP contribution in [0.2, 0.25) is 0 Å². The standard InChI is InChI=1S/C27H32N6O3/c1-18(28)27(34)30-20-10-12-32(13-11-20)24-5-3-4-19-6-9-25(31-26(19)24)33-17-29-22-16-21(7-8-23(22)33)36-15-14-35-2/h3-9,16-18,20H,10-15,28H2,1-2H3,(H,30,34)/t18-/m0/s1. The lowest BCUT2D eigenvalue weighted by Crippen LogP contribution is -2.48. The fourth-order valence-electron chi connectivity index (χ4n) is 4.62. The normalized spacial score (nSPS) is 15.4. The van der Waals surface area contributed by atoms with E-state index in [9.17, 15) is 4.79 Å². The number of methoxy groups -OCH3 is 1. The number of amides is 1. The van der Waals surface area contributed by atoms with Gasteiger partial charge < -0.3 is 25.4 Å². The number of pyridine rings is 1. The monoisotopic (exact) mass is 488 g/mol. The predicted octanol–water partition coefficient (Wildman–Crippen LogP) is 3.03. The van der Waals surface area contributed by atoms with Crippen molar-refractivity contribution in [1.29, 1.82) is 0 Å². The van der Waals surface area contributed by atoms with Gasteiger partial charge in [-0.05, 0) is 50.1 Å². The number of rotatable bonds is 8. The summed E-state index contributed by atoms with van der Waals surface area (Å²) >= 11 is 0. The Balaban J connectivity index is 1.39. The average molecular weight is 489 g/mol. The quantitative estimate of drug-likeness (QED) is 0.367. The molecule has 2 aromatic carbocycles. The molecule has 0 unspecified atom stereocenters. The Kier molecular flexibility index (Phi) is 7.02. The van der Waals surface area contributed by atoms with Gasteiger partial charge in [-0.25, -0.2) is 9.97 Å². The summed E-state index contributed by atoms with van der Waals surface area (Å²) in [6.45, 7) is 4.43. The Morgan fingerprint density at radius 3 is 2.78 bits per heavy atom. The van der Waals surface area contributed by atoms with Crippen LogP contribution in [0.25, 0.3) is 27.8 Å². The van der Waals surface area contributed by atoms with Crippen LogP contribution in [-0.2, 0) is 9.53 Å².